The monoisotopic (exact) mass is 793 g/mol. The lowest BCUT2D eigenvalue weighted by molar-refractivity contribution is 0.955. The van der Waals surface area contributed by atoms with E-state index in [0.717, 1.165) is 88.5 Å². The Morgan fingerprint density at radius 3 is 1.47 bits per heavy atom. The summed E-state index contributed by atoms with van der Waals surface area (Å²) in [5, 5.41) is 4.54. The maximum Gasteiger partial charge on any atom is 0.238 e. The summed E-state index contributed by atoms with van der Waals surface area (Å²) in [5.41, 5.74) is 11.7. The van der Waals surface area contributed by atoms with Crippen LogP contribution >= 0.6 is 0 Å². The van der Waals surface area contributed by atoms with Gasteiger partial charge in [-0.3, -0.25) is 4.57 Å². The lowest BCUT2D eigenvalue weighted by atomic mass is 10.0. The molecule has 0 saturated heterocycles. The van der Waals surface area contributed by atoms with Gasteiger partial charge < -0.3 is 4.57 Å². The highest BCUT2D eigenvalue weighted by molar-refractivity contribution is 6.26. The third-order valence-electron chi connectivity index (χ3n) is 11.6. The van der Waals surface area contributed by atoms with Crippen molar-refractivity contribution in [1.82, 2.24) is 34.1 Å². The average Bonchev–Trinajstić information content (AvgIpc) is 3.88. The zero-order chi connectivity index (χ0) is 41.0. The number of para-hydroxylation sites is 3. The second-order valence-electron chi connectivity index (χ2n) is 15.3. The van der Waals surface area contributed by atoms with E-state index in [1.165, 1.54) is 0 Å². The topological polar surface area (TPSA) is 74.3 Å². The molecule has 4 aromatic heterocycles. The molecule has 0 amide bonds. The first kappa shape index (κ1) is 35.4. The molecule has 8 aromatic carbocycles. The van der Waals surface area contributed by atoms with Crippen molar-refractivity contribution in [2.75, 3.05) is 0 Å². The molecule has 0 radical (unpaired) electrons. The van der Waals surface area contributed by atoms with Crippen molar-refractivity contribution >= 4 is 43.6 Å². The molecule has 0 N–H and O–H groups in total. The summed E-state index contributed by atoms with van der Waals surface area (Å²) in [5.74, 6) is 2.34. The van der Waals surface area contributed by atoms with E-state index in [1.54, 1.807) is 0 Å². The Kier molecular flexibility index (Phi) is 8.35. The van der Waals surface area contributed by atoms with Crippen LogP contribution in [0.2, 0.25) is 0 Å². The number of aromatic nitrogens is 7. The van der Waals surface area contributed by atoms with E-state index in [9.17, 15) is 0 Å². The van der Waals surface area contributed by atoms with Gasteiger partial charge in [0.05, 0.1) is 33.5 Å². The van der Waals surface area contributed by atoms with Crippen LogP contribution in [0.5, 0.6) is 0 Å². The van der Waals surface area contributed by atoms with Crippen LogP contribution < -0.4 is 0 Å². The van der Waals surface area contributed by atoms with E-state index < -0.39 is 0 Å². The molecular formula is C55H35N7. The maximum absolute atomic E-state index is 5.39. The van der Waals surface area contributed by atoms with Crippen LogP contribution in [0, 0.1) is 0 Å². The fraction of sp³-hybridized carbons (Fsp3) is 0. The second kappa shape index (κ2) is 14.6. The number of hydrogen-bond acceptors (Lipinski definition) is 5. The van der Waals surface area contributed by atoms with Crippen molar-refractivity contribution in [3.8, 4) is 68.3 Å². The lowest BCUT2D eigenvalue weighted by Gasteiger charge is -2.13. The van der Waals surface area contributed by atoms with Gasteiger partial charge in [0.2, 0.25) is 5.95 Å². The van der Waals surface area contributed by atoms with Crippen molar-refractivity contribution in [1.29, 1.82) is 0 Å². The predicted molar refractivity (Wildman–Crippen MR) is 251 cm³/mol. The van der Waals surface area contributed by atoms with Crippen LogP contribution in [0.3, 0.4) is 0 Å². The van der Waals surface area contributed by atoms with E-state index in [-0.39, 0.29) is 0 Å². The molecule has 0 atom stereocenters. The standard InChI is InChI=1S/C55H35N7/c1-5-18-36(19-6-1)45-35-46(57-52(56-45)37-20-7-2-8-21-37)39-24-17-25-40(34-39)54-58-53(38-22-9-3-10-23-38)59-55(60-54)62-47-30-15-13-28-42(47)43-32-33-49-50(51(43)62)44-29-14-16-31-48(44)61(49)41-26-11-4-12-27-41/h1-35H. The van der Waals surface area contributed by atoms with Crippen molar-refractivity contribution in [3.05, 3.63) is 212 Å². The molecule has 0 unspecified atom stereocenters. The largest absolute Gasteiger partial charge is 0.309 e. The Labute approximate surface area is 356 Å². The number of hydrogen-bond donors (Lipinski definition) is 0. The van der Waals surface area contributed by atoms with Gasteiger partial charge in [-0.05, 0) is 42.5 Å². The first-order valence-electron chi connectivity index (χ1n) is 20.7. The number of nitrogens with zero attached hydrogens (tertiary/aromatic N) is 7. The number of rotatable bonds is 7. The van der Waals surface area contributed by atoms with Gasteiger partial charge in [0.1, 0.15) is 0 Å². The molecule has 290 valence electrons. The van der Waals surface area contributed by atoms with Gasteiger partial charge in [-0.2, -0.15) is 9.97 Å². The third kappa shape index (κ3) is 5.94. The Morgan fingerprint density at radius 1 is 0.290 bits per heavy atom. The molecule has 0 bridgehead atoms. The van der Waals surface area contributed by atoms with Crippen LogP contribution in [0.1, 0.15) is 0 Å². The van der Waals surface area contributed by atoms with Crippen molar-refractivity contribution in [2.45, 2.75) is 0 Å². The van der Waals surface area contributed by atoms with Gasteiger partial charge in [-0.25, -0.2) is 15.0 Å². The van der Waals surface area contributed by atoms with Gasteiger partial charge in [0.25, 0.3) is 0 Å². The minimum absolute atomic E-state index is 0.536. The molecule has 0 fully saturated rings. The summed E-state index contributed by atoms with van der Waals surface area (Å²) in [4.78, 5) is 26.0. The highest BCUT2D eigenvalue weighted by Crippen LogP contribution is 2.42. The van der Waals surface area contributed by atoms with Crippen LogP contribution in [0.15, 0.2) is 212 Å². The molecule has 7 nitrogen and oxygen atoms in total. The predicted octanol–water partition coefficient (Wildman–Crippen LogP) is 13.2. The minimum Gasteiger partial charge on any atom is -0.309 e. The van der Waals surface area contributed by atoms with Gasteiger partial charge in [0, 0.05) is 55.0 Å². The molecule has 0 saturated carbocycles. The maximum atomic E-state index is 5.39. The molecule has 4 heterocycles. The summed E-state index contributed by atoms with van der Waals surface area (Å²) in [6.07, 6.45) is 0. The normalized spacial score (nSPS) is 11.5. The van der Waals surface area contributed by atoms with Crippen molar-refractivity contribution < 1.29 is 0 Å². The molecular weight excluding hydrogens is 759 g/mol. The third-order valence-corrected chi connectivity index (χ3v) is 11.6. The van der Waals surface area contributed by atoms with E-state index >= 15 is 0 Å². The zero-order valence-electron chi connectivity index (χ0n) is 33.3. The summed E-state index contributed by atoms with van der Waals surface area (Å²) < 4.78 is 4.59. The molecule has 0 aliphatic carbocycles. The highest BCUT2D eigenvalue weighted by Gasteiger charge is 2.23. The van der Waals surface area contributed by atoms with E-state index in [0.29, 0.717) is 23.4 Å². The Morgan fingerprint density at radius 2 is 0.790 bits per heavy atom. The summed E-state index contributed by atoms with van der Waals surface area (Å²) >= 11 is 0. The molecule has 7 heteroatoms. The highest BCUT2D eigenvalue weighted by atomic mass is 15.2. The van der Waals surface area contributed by atoms with Gasteiger partial charge in [0.15, 0.2) is 17.5 Å². The average molecular weight is 794 g/mol. The first-order chi connectivity index (χ1) is 30.7. The van der Waals surface area contributed by atoms with Gasteiger partial charge >= 0.3 is 0 Å². The van der Waals surface area contributed by atoms with E-state index in [4.69, 9.17) is 24.9 Å². The first-order valence-corrected chi connectivity index (χ1v) is 20.7. The van der Waals surface area contributed by atoms with Crippen LogP contribution in [0.25, 0.3) is 112 Å². The molecule has 0 spiro atoms. The van der Waals surface area contributed by atoms with Crippen LogP contribution in [-0.4, -0.2) is 34.1 Å². The quantitative estimate of drug-likeness (QED) is 0.161. The fourth-order valence-corrected chi connectivity index (χ4v) is 8.77. The Hall–Kier alpha value is -8.55. The zero-order valence-corrected chi connectivity index (χ0v) is 33.3. The van der Waals surface area contributed by atoms with Crippen molar-refractivity contribution in [3.63, 3.8) is 0 Å². The molecule has 0 aliphatic heterocycles. The molecule has 12 rings (SSSR count). The summed E-state index contributed by atoms with van der Waals surface area (Å²) in [7, 11) is 0. The smallest absolute Gasteiger partial charge is 0.238 e. The van der Waals surface area contributed by atoms with E-state index in [2.05, 4.69) is 137 Å². The van der Waals surface area contributed by atoms with Crippen molar-refractivity contribution in [2.24, 2.45) is 0 Å². The van der Waals surface area contributed by atoms with Crippen LogP contribution in [0.4, 0.5) is 0 Å². The fourth-order valence-electron chi connectivity index (χ4n) is 8.77. The van der Waals surface area contributed by atoms with E-state index in [1.807, 2.05) is 84.9 Å². The molecule has 0 aliphatic rings. The van der Waals surface area contributed by atoms with Gasteiger partial charge in [-0.1, -0.05) is 170 Å². The molecule has 62 heavy (non-hydrogen) atoms. The Balaban J connectivity index is 1.11. The second-order valence-corrected chi connectivity index (χ2v) is 15.3. The minimum atomic E-state index is 0.536. The summed E-state index contributed by atoms with van der Waals surface area (Å²) in [6, 6.07) is 73.1. The van der Waals surface area contributed by atoms with Crippen LogP contribution in [-0.2, 0) is 0 Å². The van der Waals surface area contributed by atoms with Gasteiger partial charge in [-0.15, -0.1) is 0 Å². The SMILES string of the molecule is c1ccc(-c2cc(-c3cccc(-c4nc(-c5ccccc5)nc(-n5c6ccccc6c6ccc7c(c8ccccc8n7-c7ccccc7)c65)n4)c3)nc(-c3ccccc3)n2)cc1. The number of fused-ring (bicyclic) bond motifs is 7. The lowest BCUT2D eigenvalue weighted by Crippen LogP contribution is -2.06. The molecule has 12 aromatic rings. The summed E-state index contributed by atoms with van der Waals surface area (Å²) in [6.45, 7) is 0. The number of benzene rings is 8. The Bertz CT molecular complexity index is 3560.